The third-order valence-corrected chi connectivity index (χ3v) is 2.83. The molecule has 0 N–H and O–H groups in total. The molecule has 120 valence electrons. The van der Waals surface area contributed by atoms with Crippen molar-refractivity contribution in [3.63, 3.8) is 0 Å². The molecular weight excluding hydrogens is 293 g/mol. The van der Waals surface area contributed by atoms with Gasteiger partial charge in [0.25, 0.3) is 5.56 Å². The van der Waals surface area contributed by atoms with E-state index < -0.39 is 18.3 Å². The summed E-state index contributed by atoms with van der Waals surface area (Å²) in [6.07, 6.45) is -3.95. The third-order valence-electron chi connectivity index (χ3n) is 2.83. The third kappa shape index (κ3) is 4.72. The Morgan fingerprint density at radius 3 is 2.23 bits per heavy atom. The zero-order valence-corrected chi connectivity index (χ0v) is 12.8. The van der Waals surface area contributed by atoms with Crippen LogP contribution >= 0.6 is 0 Å². The van der Waals surface area contributed by atoms with Crippen LogP contribution in [0.4, 0.5) is 13.2 Å². The Bertz CT molecular complexity index is 649. The van der Waals surface area contributed by atoms with Gasteiger partial charge in [-0.15, -0.1) is 0 Å². The van der Waals surface area contributed by atoms with E-state index in [2.05, 4.69) is 5.10 Å². The summed E-state index contributed by atoms with van der Waals surface area (Å²) in [4.78, 5) is 11.7. The van der Waals surface area contributed by atoms with Crippen LogP contribution in [0.5, 0.6) is 0 Å². The van der Waals surface area contributed by atoms with E-state index in [1.54, 1.807) is 30.3 Å². The van der Waals surface area contributed by atoms with Gasteiger partial charge >= 0.3 is 6.18 Å². The van der Waals surface area contributed by atoms with Crippen molar-refractivity contribution in [1.29, 1.82) is 0 Å². The van der Waals surface area contributed by atoms with E-state index in [9.17, 15) is 18.0 Å². The van der Waals surface area contributed by atoms with Gasteiger partial charge in [0.1, 0.15) is 6.54 Å². The molecule has 2 rings (SSSR count). The van der Waals surface area contributed by atoms with E-state index in [4.69, 9.17) is 0 Å². The SMILES string of the molecule is CC.CCc1cc(=O)n(CC(F)(F)F)nc1-c1ccccc1. The van der Waals surface area contributed by atoms with Gasteiger partial charge in [0, 0.05) is 11.6 Å². The lowest BCUT2D eigenvalue weighted by molar-refractivity contribution is -0.143. The topological polar surface area (TPSA) is 34.9 Å². The van der Waals surface area contributed by atoms with Crippen molar-refractivity contribution in [2.75, 3.05) is 0 Å². The van der Waals surface area contributed by atoms with Crippen molar-refractivity contribution in [3.8, 4) is 11.3 Å². The van der Waals surface area contributed by atoms with E-state index in [1.165, 1.54) is 6.07 Å². The number of benzene rings is 1. The van der Waals surface area contributed by atoms with Gasteiger partial charge in [0.15, 0.2) is 0 Å². The normalized spacial score (nSPS) is 10.8. The predicted octanol–water partition coefficient (Wildman–Crippen LogP) is 4.06. The molecular formula is C16H19F3N2O. The molecule has 1 aromatic heterocycles. The summed E-state index contributed by atoms with van der Waals surface area (Å²) in [6, 6.07) is 10.1. The molecule has 0 bridgehead atoms. The van der Waals surface area contributed by atoms with Crippen molar-refractivity contribution in [2.24, 2.45) is 0 Å². The molecule has 0 radical (unpaired) electrons. The lowest BCUT2D eigenvalue weighted by Gasteiger charge is -2.12. The highest BCUT2D eigenvalue weighted by atomic mass is 19.4. The van der Waals surface area contributed by atoms with Crippen LogP contribution in [0.2, 0.25) is 0 Å². The molecule has 0 fully saturated rings. The monoisotopic (exact) mass is 312 g/mol. The van der Waals surface area contributed by atoms with Crippen molar-refractivity contribution in [1.82, 2.24) is 9.78 Å². The first-order chi connectivity index (χ1) is 10.4. The van der Waals surface area contributed by atoms with E-state index >= 15 is 0 Å². The van der Waals surface area contributed by atoms with Crippen LogP contribution in [0.1, 0.15) is 26.3 Å². The highest BCUT2D eigenvalue weighted by Crippen LogP contribution is 2.21. The molecule has 2 aromatic rings. The van der Waals surface area contributed by atoms with Crippen LogP contribution in [0.25, 0.3) is 11.3 Å². The Hall–Kier alpha value is -2.11. The second kappa shape index (κ2) is 7.77. The Morgan fingerprint density at radius 2 is 1.73 bits per heavy atom. The van der Waals surface area contributed by atoms with E-state index in [1.807, 2.05) is 20.8 Å². The minimum atomic E-state index is -4.47. The minimum Gasteiger partial charge on any atom is -0.268 e. The van der Waals surface area contributed by atoms with Crippen LogP contribution in [0.15, 0.2) is 41.2 Å². The molecule has 22 heavy (non-hydrogen) atoms. The van der Waals surface area contributed by atoms with Crippen molar-refractivity contribution >= 4 is 0 Å². The molecule has 6 heteroatoms. The number of rotatable bonds is 3. The van der Waals surface area contributed by atoms with Gasteiger partial charge < -0.3 is 0 Å². The molecule has 0 aliphatic heterocycles. The molecule has 1 aromatic carbocycles. The average Bonchev–Trinajstić information content (AvgIpc) is 2.50. The maximum absolute atomic E-state index is 12.4. The van der Waals surface area contributed by atoms with E-state index in [0.29, 0.717) is 27.9 Å². The summed E-state index contributed by atoms with van der Waals surface area (Å²) in [7, 11) is 0. The Morgan fingerprint density at radius 1 is 1.14 bits per heavy atom. The fourth-order valence-electron chi connectivity index (χ4n) is 1.92. The first-order valence-electron chi connectivity index (χ1n) is 7.14. The highest BCUT2D eigenvalue weighted by Gasteiger charge is 2.29. The summed E-state index contributed by atoms with van der Waals surface area (Å²) < 4.78 is 37.8. The quantitative estimate of drug-likeness (QED) is 0.856. The maximum atomic E-state index is 12.4. The zero-order valence-electron chi connectivity index (χ0n) is 12.8. The Balaban J connectivity index is 0.00000116. The number of nitrogens with zero attached hydrogens (tertiary/aromatic N) is 2. The standard InChI is InChI=1S/C14H13F3N2O.C2H6/c1-2-10-8-12(20)19(9-14(15,16)17)18-13(10)11-6-4-3-5-7-11;1-2/h3-8H,2,9H2,1H3;1-2H3. The number of aryl methyl sites for hydroxylation is 1. The Labute approximate surface area is 127 Å². The van der Waals surface area contributed by atoms with Gasteiger partial charge in [-0.2, -0.15) is 18.3 Å². The van der Waals surface area contributed by atoms with Crippen LogP contribution in [0.3, 0.4) is 0 Å². The van der Waals surface area contributed by atoms with Crippen molar-refractivity contribution < 1.29 is 13.2 Å². The predicted molar refractivity (Wildman–Crippen MR) is 80.7 cm³/mol. The molecule has 0 aliphatic carbocycles. The number of hydrogen-bond acceptors (Lipinski definition) is 2. The largest absolute Gasteiger partial charge is 0.408 e. The summed E-state index contributed by atoms with van der Waals surface area (Å²) in [5.41, 5.74) is 1.01. The fourth-order valence-corrected chi connectivity index (χ4v) is 1.92. The van der Waals surface area contributed by atoms with Crippen molar-refractivity contribution in [2.45, 2.75) is 39.9 Å². The summed E-state index contributed by atoms with van der Waals surface area (Å²) >= 11 is 0. The minimum absolute atomic E-state index is 0.414. The maximum Gasteiger partial charge on any atom is 0.408 e. The average molecular weight is 312 g/mol. The summed E-state index contributed by atoms with van der Waals surface area (Å²) in [5, 5.41) is 3.88. The number of hydrogen-bond donors (Lipinski definition) is 0. The van der Waals surface area contributed by atoms with Crippen LogP contribution in [-0.2, 0) is 13.0 Å². The number of aromatic nitrogens is 2. The fraction of sp³-hybridized carbons (Fsp3) is 0.375. The first-order valence-corrected chi connectivity index (χ1v) is 7.14. The van der Waals surface area contributed by atoms with Gasteiger partial charge in [-0.05, 0) is 12.0 Å². The lowest BCUT2D eigenvalue weighted by atomic mass is 10.1. The summed E-state index contributed by atoms with van der Waals surface area (Å²) in [6.45, 7) is 4.45. The summed E-state index contributed by atoms with van der Waals surface area (Å²) in [5.74, 6) is 0. The smallest absolute Gasteiger partial charge is 0.268 e. The number of halogens is 3. The molecule has 1 heterocycles. The van der Waals surface area contributed by atoms with E-state index in [0.717, 1.165) is 0 Å². The van der Waals surface area contributed by atoms with Gasteiger partial charge in [-0.25, -0.2) is 4.68 Å². The van der Waals surface area contributed by atoms with Gasteiger partial charge in [-0.3, -0.25) is 4.79 Å². The van der Waals surface area contributed by atoms with Crippen LogP contribution in [0, 0.1) is 0 Å². The first kappa shape index (κ1) is 17.9. The molecule has 0 saturated carbocycles. The number of alkyl halides is 3. The van der Waals surface area contributed by atoms with Crippen molar-refractivity contribution in [3.05, 3.63) is 52.3 Å². The van der Waals surface area contributed by atoms with Crippen LogP contribution in [-0.4, -0.2) is 16.0 Å². The van der Waals surface area contributed by atoms with E-state index in [-0.39, 0.29) is 0 Å². The lowest BCUT2D eigenvalue weighted by Crippen LogP contribution is -2.30. The molecule has 0 amide bonds. The highest BCUT2D eigenvalue weighted by molar-refractivity contribution is 5.62. The second-order valence-corrected chi connectivity index (χ2v) is 4.35. The molecule has 0 unspecified atom stereocenters. The molecule has 0 aliphatic rings. The van der Waals surface area contributed by atoms with Gasteiger partial charge in [-0.1, -0.05) is 51.1 Å². The zero-order chi connectivity index (χ0) is 16.8. The molecule has 0 saturated heterocycles. The van der Waals surface area contributed by atoms with Crippen LogP contribution < -0.4 is 5.56 Å². The molecule has 0 spiro atoms. The Kier molecular flexibility index (Phi) is 6.34. The van der Waals surface area contributed by atoms with Gasteiger partial charge in [0.2, 0.25) is 0 Å². The molecule has 3 nitrogen and oxygen atoms in total. The second-order valence-electron chi connectivity index (χ2n) is 4.35. The molecule has 0 atom stereocenters. The van der Waals surface area contributed by atoms with Gasteiger partial charge in [0.05, 0.1) is 5.69 Å².